The van der Waals surface area contributed by atoms with Gasteiger partial charge < -0.3 is 5.73 Å². The van der Waals surface area contributed by atoms with Crippen molar-refractivity contribution in [1.82, 2.24) is 10.2 Å². The van der Waals surface area contributed by atoms with Gasteiger partial charge in [0.25, 0.3) is 5.56 Å². The maximum absolute atomic E-state index is 11.6. The first-order valence-corrected chi connectivity index (χ1v) is 5.82. The number of aromatic nitrogens is 2. The van der Waals surface area contributed by atoms with Crippen LogP contribution in [0.1, 0.15) is 32.0 Å². The van der Waals surface area contributed by atoms with Gasteiger partial charge >= 0.3 is 0 Å². The third kappa shape index (κ3) is 2.36. The highest BCUT2D eigenvalue weighted by Gasteiger charge is 2.14. The molecule has 90 valence electrons. The smallest absolute Gasteiger partial charge is 0.272 e. The zero-order valence-electron chi connectivity index (χ0n) is 10.1. The number of aromatic amines is 1. The van der Waals surface area contributed by atoms with Crippen LogP contribution in [0.2, 0.25) is 0 Å². The molecular formula is C13H17N3O. The lowest BCUT2D eigenvalue weighted by molar-refractivity contribution is 0.501. The van der Waals surface area contributed by atoms with Gasteiger partial charge in [-0.1, -0.05) is 32.0 Å². The van der Waals surface area contributed by atoms with E-state index in [1.54, 1.807) is 6.07 Å². The summed E-state index contributed by atoms with van der Waals surface area (Å²) in [5.41, 5.74) is 6.73. The van der Waals surface area contributed by atoms with Crippen molar-refractivity contribution in [3.05, 3.63) is 40.3 Å². The predicted octanol–water partition coefficient (Wildman–Crippen LogP) is 1.97. The molecule has 2 rings (SSSR count). The number of nitrogens with two attached hydrogens (primary N) is 1. The SMILES string of the molecule is CC(C)CC(N)c1n[nH]c(=O)c2ccccc12. The topological polar surface area (TPSA) is 71.8 Å². The molecule has 2 aromatic rings. The van der Waals surface area contributed by atoms with Crippen molar-refractivity contribution < 1.29 is 0 Å². The minimum Gasteiger partial charge on any atom is -0.323 e. The molecular weight excluding hydrogens is 214 g/mol. The van der Waals surface area contributed by atoms with E-state index in [-0.39, 0.29) is 11.6 Å². The summed E-state index contributed by atoms with van der Waals surface area (Å²) in [7, 11) is 0. The average Bonchev–Trinajstić information content (AvgIpc) is 2.29. The maximum atomic E-state index is 11.6. The molecule has 4 nitrogen and oxygen atoms in total. The monoisotopic (exact) mass is 231 g/mol. The quantitative estimate of drug-likeness (QED) is 0.848. The van der Waals surface area contributed by atoms with Crippen LogP contribution in [-0.4, -0.2) is 10.2 Å². The molecule has 17 heavy (non-hydrogen) atoms. The molecule has 0 fully saturated rings. The Hall–Kier alpha value is -1.68. The summed E-state index contributed by atoms with van der Waals surface area (Å²) in [5.74, 6) is 0.498. The molecule has 0 amide bonds. The molecule has 0 saturated heterocycles. The van der Waals surface area contributed by atoms with E-state index in [1.807, 2.05) is 18.2 Å². The van der Waals surface area contributed by atoms with Gasteiger partial charge in [0.1, 0.15) is 0 Å². The lowest BCUT2D eigenvalue weighted by atomic mass is 9.98. The Balaban J connectivity index is 2.55. The van der Waals surface area contributed by atoms with Crippen LogP contribution >= 0.6 is 0 Å². The lowest BCUT2D eigenvalue weighted by Gasteiger charge is -2.14. The van der Waals surface area contributed by atoms with Crippen LogP contribution in [0.5, 0.6) is 0 Å². The highest BCUT2D eigenvalue weighted by molar-refractivity contribution is 5.83. The van der Waals surface area contributed by atoms with E-state index in [0.717, 1.165) is 17.5 Å². The second kappa shape index (κ2) is 4.67. The minimum absolute atomic E-state index is 0.142. The molecule has 0 bridgehead atoms. The van der Waals surface area contributed by atoms with Gasteiger partial charge in [0.05, 0.1) is 11.1 Å². The van der Waals surface area contributed by atoms with Gasteiger partial charge in [0, 0.05) is 11.4 Å². The van der Waals surface area contributed by atoms with Gasteiger partial charge in [0.15, 0.2) is 0 Å². The lowest BCUT2D eigenvalue weighted by Crippen LogP contribution is -2.19. The van der Waals surface area contributed by atoms with Gasteiger partial charge in [0.2, 0.25) is 0 Å². The van der Waals surface area contributed by atoms with E-state index in [1.165, 1.54) is 0 Å². The van der Waals surface area contributed by atoms with Crippen LogP contribution in [0.25, 0.3) is 10.8 Å². The van der Waals surface area contributed by atoms with E-state index in [2.05, 4.69) is 24.0 Å². The number of benzene rings is 1. The van der Waals surface area contributed by atoms with Gasteiger partial charge in [-0.05, 0) is 18.4 Å². The van der Waals surface area contributed by atoms with E-state index in [9.17, 15) is 4.79 Å². The number of hydrogen-bond donors (Lipinski definition) is 2. The summed E-state index contributed by atoms with van der Waals surface area (Å²) < 4.78 is 0. The molecule has 1 aromatic heterocycles. The summed E-state index contributed by atoms with van der Waals surface area (Å²) in [6.07, 6.45) is 0.850. The Morgan fingerprint density at radius 3 is 2.59 bits per heavy atom. The van der Waals surface area contributed by atoms with Crippen molar-refractivity contribution in [3.63, 3.8) is 0 Å². The third-order valence-corrected chi connectivity index (χ3v) is 2.80. The van der Waals surface area contributed by atoms with Crippen molar-refractivity contribution in [3.8, 4) is 0 Å². The second-order valence-corrected chi connectivity index (χ2v) is 4.72. The van der Waals surface area contributed by atoms with Crippen molar-refractivity contribution in [1.29, 1.82) is 0 Å². The molecule has 0 aliphatic rings. The van der Waals surface area contributed by atoms with Crippen LogP contribution in [0.3, 0.4) is 0 Å². The van der Waals surface area contributed by atoms with Crippen LogP contribution in [0.4, 0.5) is 0 Å². The number of nitrogens with zero attached hydrogens (tertiary/aromatic N) is 1. The Morgan fingerprint density at radius 1 is 1.29 bits per heavy atom. The van der Waals surface area contributed by atoms with Crippen molar-refractivity contribution >= 4 is 10.8 Å². The fourth-order valence-electron chi connectivity index (χ4n) is 2.04. The number of rotatable bonds is 3. The molecule has 0 aliphatic carbocycles. The zero-order valence-corrected chi connectivity index (χ0v) is 10.1. The molecule has 0 spiro atoms. The molecule has 0 saturated carbocycles. The van der Waals surface area contributed by atoms with Gasteiger partial charge in [-0.25, -0.2) is 5.10 Å². The Morgan fingerprint density at radius 2 is 1.94 bits per heavy atom. The fourth-order valence-corrected chi connectivity index (χ4v) is 2.04. The number of nitrogens with one attached hydrogen (secondary N) is 1. The van der Waals surface area contributed by atoms with E-state index in [4.69, 9.17) is 5.73 Å². The predicted molar refractivity (Wildman–Crippen MR) is 68.7 cm³/mol. The Labute approximate surface area is 99.8 Å². The molecule has 1 heterocycles. The first-order chi connectivity index (χ1) is 8.09. The molecule has 1 atom stereocenters. The van der Waals surface area contributed by atoms with Crippen molar-refractivity contribution in [2.45, 2.75) is 26.3 Å². The summed E-state index contributed by atoms with van der Waals surface area (Å²) in [6.45, 7) is 4.24. The summed E-state index contributed by atoms with van der Waals surface area (Å²) in [4.78, 5) is 11.6. The first-order valence-electron chi connectivity index (χ1n) is 5.82. The van der Waals surface area contributed by atoms with Gasteiger partial charge in [-0.3, -0.25) is 4.79 Å². The number of hydrogen-bond acceptors (Lipinski definition) is 3. The Kier molecular flexibility index (Phi) is 3.24. The average molecular weight is 231 g/mol. The standard InChI is InChI=1S/C13H17N3O/c1-8(2)7-11(14)12-9-5-3-4-6-10(9)13(17)16-15-12/h3-6,8,11H,7,14H2,1-2H3,(H,16,17). The maximum Gasteiger partial charge on any atom is 0.272 e. The highest BCUT2D eigenvalue weighted by atomic mass is 16.1. The van der Waals surface area contributed by atoms with Crippen LogP contribution in [0.15, 0.2) is 29.1 Å². The second-order valence-electron chi connectivity index (χ2n) is 4.72. The molecule has 3 N–H and O–H groups in total. The summed E-state index contributed by atoms with van der Waals surface area (Å²) in [6, 6.07) is 7.29. The molecule has 4 heteroatoms. The van der Waals surface area contributed by atoms with Crippen molar-refractivity contribution in [2.75, 3.05) is 0 Å². The van der Waals surface area contributed by atoms with Crippen molar-refractivity contribution in [2.24, 2.45) is 11.7 Å². The van der Waals surface area contributed by atoms with Crippen LogP contribution in [-0.2, 0) is 0 Å². The van der Waals surface area contributed by atoms with E-state index in [0.29, 0.717) is 11.3 Å². The minimum atomic E-state index is -0.166. The normalized spacial score (nSPS) is 13.2. The van der Waals surface area contributed by atoms with E-state index < -0.39 is 0 Å². The van der Waals surface area contributed by atoms with Gasteiger partial charge in [-0.15, -0.1) is 0 Å². The van der Waals surface area contributed by atoms with Crippen LogP contribution in [0, 0.1) is 5.92 Å². The highest BCUT2D eigenvalue weighted by Crippen LogP contribution is 2.22. The molecule has 0 radical (unpaired) electrons. The molecule has 0 aliphatic heterocycles. The Bertz CT molecular complexity index is 574. The fraction of sp³-hybridized carbons (Fsp3) is 0.385. The van der Waals surface area contributed by atoms with Crippen LogP contribution < -0.4 is 11.3 Å². The number of H-pyrrole nitrogens is 1. The number of fused-ring (bicyclic) bond motifs is 1. The summed E-state index contributed by atoms with van der Waals surface area (Å²) >= 11 is 0. The zero-order chi connectivity index (χ0) is 12.4. The largest absolute Gasteiger partial charge is 0.323 e. The summed E-state index contributed by atoms with van der Waals surface area (Å²) in [5, 5.41) is 8.11. The molecule has 1 unspecified atom stereocenters. The van der Waals surface area contributed by atoms with Gasteiger partial charge in [-0.2, -0.15) is 5.10 Å². The van der Waals surface area contributed by atoms with E-state index >= 15 is 0 Å². The molecule has 1 aromatic carbocycles. The first kappa shape index (κ1) is 11.8. The third-order valence-electron chi connectivity index (χ3n) is 2.80.